The molecule has 0 aliphatic rings. The first-order valence-electron chi connectivity index (χ1n) is 8.40. The van der Waals surface area contributed by atoms with E-state index in [1.165, 1.54) is 19.1 Å². The Morgan fingerprint density at radius 2 is 1.70 bits per heavy atom. The molecule has 3 N–H and O–H groups in total. The van der Waals surface area contributed by atoms with E-state index in [0.29, 0.717) is 17.0 Å². The number of anilines is 1. The second-order valence-electron chi connectivity index (χ2n) is 6.10. The molecule has 0 aliphatic carbocycles. The van der Waals surface area contributed by atoms with Gasteiger partial charge in [-0.2, -0.15) is 0 Å². The average molecular weight is 370 g/mol. The fourth-order valence-electron chi connectivity index (χ4n) is 2.36. The molecule has 2 atom stereocenters. The Balaban J connectivity index is 2.01. The number of hydrogen-bond donors (Lipinski definition) is 3. The van der Waals surface area contributed by atoms with E-state index in [1.807, 2.05) is 18.2 Å². The molecule has 2 rings (SSSR count). The van der Waals surface area contributed by atoms with Crippen molar-refractivity contribution in [3.05, 3.63) is 59.7 Å². The average Bonchev–Trinajstić information content (AvgIpc) is 2.67. The van der Waals surface area contributed by atoms with Crippen molar-refractivity contribution in [2.75, 3.05) is 12.4 Å². The van der Waals surface area contributed by atoms with Crippen LogP contribution in [0.2, 0.25) is 0 Å². The lowest BCUT2D eigenvalue weighted by Gasteiger charge is -2.14. The monoisotopic (exact) mass is 370 g/mol. The molecule has 2 aromatic carbocycles. The lowest BCUT2D eigenvalue weighted by molar-refractivity contribution is -0.138. The maximum atomic E-state index is 12.5. The molecule has 7 nitrogen and oxygen atoms in total. The Labute approximate surface area is 157 Å². The SMILES string of the molecule is COc1cccc(C(C)C(=O)Nc2ccc(C(=O)NC(C)C(=O)O)cc2)c1. The number of carboxylic acid groups (broad SMARTS) is 1. The van der Waals surface area contributed by atoms with Gasteiger partial charge in [0.2, 0.25) is 5.91 Å². The van der Waals surface area contributed by atoms with E-state index in [9.17, 15) is 14.4 Å². The van der Waals surface area contributed by atoms with Crippen molar-refractivity contribution in [3.8, 4) is 5.75 Å². The summed E-state index contributed by atoms with van der Waals surface area (Å²) in [5.74, 6) is -1.51. The molecule has 0 saturated heterocycles. The number of hydrogen-bond acceptors (Lipinski definition) is 4. The zero-order chi connectivity index (χ0) is 20.0. The van der Waals surface area contributed by atoms with Crippen LogP contribution in [0.25, 0.3) is 0 Å². The molecule has 142 valence electrons. The van der Waals surface area contributed by atoms with Gasteiger partial charge in [-0.25, -0.2) is 0 Å². The Bertz CT molecular complexity index is 833. The van der Waals surface area contributed by atoms with E-state index in [0.717, 1.165) is 5.56 Å². The van der Waals surface area contributed by atoms with Crippen molar-refractivity contribution in [2.24, 2.45) is 0 Å². The molecule has 0 aromatic heterocycles. The predicted octanol–water partition coefficient (Wildman–Crippen LogP) is 2.64. The highest BCUT2D eigenvalue weighted by Gasteiger charge is 2.17. The number of carbonyl (C=O) groups excluding carboxylic acids is 2. The lowest BCUT2D eigenvalue weighted by Crippen LogP contribution is -2.38. The zero-order valence-electron chi connectivity index (χ0n) is 15.4. The van der Waals surface area contributed by atoms with Crippen LogP contribution in [0, 0.1) is 0 Å². The number of carbonyl (C=O) groups is 3. The number of nitrogens with one attached hydrogen (secondary N) is 2. The first-order chi connectivity index (χ1) is 12.8. The topological polar surface area (TPSA) is 105 Å². The summed E-state index contributed by atoms with van der Waals surface area (Å²) >= 11 is 0. The van der Waals surface area contributed by atoms with E-state index < -0.39 is 17.9 Å². The van der Waals surface area contributed by atoms with Gasteiger partial charge in [-0.3, -0.25) is 14.4 Å². The highest BCUT2D eigenvalue weighted by atomic mass is 16.5. The molecule has 2 aromatic rings. The molecule has 0 fully saturated rings. The summed E-state index contributed by atoms with van der Waals surface area (Å²) in [5, 5.41) is 14.0. The van der Waals surface area contributed by atoms with Crippen LogP contribution < -0.4 is 15.4 Å². The van der Waals surface area contributed by atoms with Crippen molar-refractivity contribution in [2.45, 2.75) is 25.8 Å². The van der Waals surface area contributed by atoms with Crippen LogP contribution in [0.1, 0.15) is 35.7 Å². The fraction of sp³-hybridized carbons (Fsp3) is 0.250. The molecule has 0 bridgehead atoms. The van der Waals surface area contributed by atoms with Crippen molar-refractivity contribution >= 4 is 23.5 Å². The van der Waals surface area contributed by atoms with Gasteiger partial charge in [0.1, 0.15) is 11.8 Å². The van der Waals surface area contributed by atoms with Crippen molar-refractivity contribution < 1.29 is 24.2 Å². The number of ether oxygens (including phenoxy) is 1. The van der Waals surface area contributed by atoms with Crippen molar-refractivity contribution in [1.29, 1.82) is 0 Å². The lowest BCUT2D eigenvalue weighted by atomic mass is 10.00. The fourth-order valence-corrected chi connectivity index (χ4v) is 2.36. The molecule has 0 saturated carbocycles. The maximum Gasteiger partial charge on any atom is 0.325 e. The van der Waals surface area contributed by atoms with Gasteiger partial charge in [-0.1, -0.05) is 12.1 Å². The number of benzene rings is 2. The van der Waals surface area contributed by atoms with Gasteiger partial charge in [0, 0.05) is 11.3 Å². The van der Waals surface area contributed by atoms with Gasteiger partial charge < -0.3 is 20.5 Å². The molecule has 0 heterocycles. The van der Waals surface area contributed by atoms with Crippen LogP contribution >= 0.6 is 0 Å². The molecule has 27 heavy (non-hydrogen) atoms. The molecule has 0 spiro atoms. The third kappa shape index (κ3) is 5.31. The molecular formula is C20H22N2O5. The summed E-state index contributed by atoms with van der Waals surface area (Å²) in [6.45, 7) is 3.17. The van der Waals surface area contributed by atoms with Crippen molar-refractivity contribution in [1.82, 2.24) is 5.32 Å². The quantitative estimate of drug-likeness (QED) is 0.695. The Morgan fingerprint density at radius 3 is 2.30 bits per heavy atom. The summed E-state index contributed by atoms with van der Waals surface area (Å²) in [4.78, 5) is 35.2. The number of rotatable bonds is 7. The second-order valence-corrected chi connectivity index (χ2v) is 6.10. The normalized spacial score (nSPS) is 12.6. The van der Waals surface area contributed by atoms with E-state index in [1.54, 1.807) is 32.2 Å². The number of carboxylic acids is 1. The van der Waals surface area contributed by atoms with Gasteiger partial charge in [-0.05, 0) is 55.8 Å². The minimum absolute atomic E-state index is 0.194. The van der Waals surface area contributed by atoms with Crippen LogP contribution in [0.5, 0.6) is 5.75 Å². The van der Waals surface area contributed by atoms with Crippen LogP contribution in [0.4, 0.5) is 5.69 Å². The summed E-state index contributed by atoms with van der Waals surface area (Å²) in [7, 11) is 1.57. The number of amides is 2. The summed E-state index contributed by atoms with van der Waals surface area (Å²) < 4.78 is 5.17. The third-order valence-corrected chi connectivity index (χ3v) is 4.12. The first kappa shape index (κ1) is 20.0. The number of methoxy groups -OCH3 is 1. The second kappa shape index (κ2) is 8.84. The van der Waals surface area contributed by atoms with Gasteiger partial charge in [0.15, 0.2) is 0 Å². The maximum absolute atomic E-state index is 12.5. The van der Waals surface area contributed by atoms with E-state index >= 15 is 0 Å². The van der Waals surface area contributed by atoms with Crippen molar-refractivity contribution in [3.63, 3.8) is 0 Å². The zero-order valence-corrected chi connectivity index (χ0v) is 15.4. The van der Waals surface area contributed by atoms with Crippen LogP contribution in [0.15, 0.2) is 48.5 Å². The summed E-state index contributed by atoms with van der Waals surface area (Å²) in [6, 6.07) is 12.5. The predicted molar refractivity (Wildman–Crippen MR) is 101 cm³/mol. The molecule has 0 aliphatic heterocycles. The molecule has 7 heteroatoms. The molecule has 0 radical (unpaired) electrons. The standard InChI is InChI=1S/C20H22N2O5/c1-12(15-5-4-6-17(11-15)27-3)18(23)22-16-9-7-14(8-10-16)19(24)21-13(2)20(25)26/h4-13H,1-3H3,(H,21,24)(H,22,23)(H,25,26). The van der Waals surface area contributed by atoms with Crippen LogP contribution in [0.3, 0.4) is 0 Å². The Kier molecular flexibility index (Phi) is 6.54. The van der Waals surface area contributed by atoms with Crippen LogP contribution in [-0.4, -0.2) is 36.0 Å². The molecule has 2 amide bonds. The molecular weight excluding hydrogens is 348 g/mol. The molecule has 2 unspecified atom stereocenters. The minimum atomic E-state index is -1.11. The highest BCUT2D eigenvalue weighted by Crippen LogP contribution is 2.22. The van der Waals surface area contributed by atoms with E-state index in [4.69, 9.17) is 9.84 Å². The first-order valence-corrected chi connectivity index (χ1v) is 8.40. The Morgan fingerprint density at radius 1 is 1.04 bits per heavy atom. The van der Waals surface area contributed by atoms with E-state index in [-0.39, 0.29) is 11.8 Å². The number of aliphatic carboxylic acids is 1. The van der Waals surface area contributed by atoms with Gasteiger partial charge in [0.25, 0.3) is 5.91 Å². The largest absolute Gasteiger partial charge is 0.497 e. The highest BCUT2D eigenvalue weighted by molar-refractivity contribution is 5.98. The summed E-state index contributed by atoms with van der Waals surface area (Å²) in [6.07, 6.45) is 0. The van der Waals surface area contributed by atoms with Gasteiger partial charge >= 0.3 is 5.97 Å². The van der Waals surface area contributed by atoms with Gasteiger partial charge in [0.05, 0.1) is 13.0 Å². The van der Waals surface area contributed by atoms with Gasteiger partial charge in [-0.15, -0.1) is 0 Å². The Hall–Kier alpha value is -3.35. The van der Waals surface area contributed by atoms with E-state index in [2.05, 4.69) is 10.6 Å². The van der Waals surface area contributed by atoms with Crippen LogP contribution in [-0.2, 0) is 9.59 Å². The third-order valence-electron chi connectivity index (χ3n) is 4.12. The minimum Gasteiger partial charge on any atom is -0.497 e. The summed E-state index contributed by atoms with van der Waals surface area (Å²) in [5.41, 5.74) is 1.67. The smallest absolute Gasteiger partial charge is 0.325 e.